The lowest BCUT2D eigenvalue weighted by molar-refractivity contribution is 0.0927. The molecule has 1 fully saturated rings. The molecular formula is C17H27N3O. The van der Waals surface area contributed by atoms with Crippen molar-refractivity contribution in [2.24, 2.45) is 11.8 Å². The molecule has 0 spiro atoms. The number of anilines is 2. The SMILES string of the molecule is CCC1CCC(NC(=O)c2cc(N)ccc2N(C)C)C1C. The van der Waals surface area contributed by atoms with Crippen LogP contribution >= 0.6 is 0 Å². The third-order valence-electron chi connectivity index (χ3n) is 4.81. The maximum atomic E-state index is 12.6. The van der Waals surface area contributed by atoms with Gasteiger partial charge in [-0.15, -0.1) is 0 Å². The molecule has 4 heteroatoms. The summed E-state index contributed by atoms with van der Waals surface area (Å²) in [6, 6.07) is 5.77. The first kappa shape index (κ1) is 15.7. The number of benzene rings is 1. The average Bonchev–Trinajstić information content (AvgIpc) is 2.79. The molecule has 116 valence electrons. The van der Waals surface area contributed by atoms with Crippen LogP contribution in [0.4, 0.5) is 11.4 Å². The monoisotopic (exact) mass is 289 g/mol. The summed E-state index contributed by atoms with van der Waals surface area (Å²) in [6.07, 6.45) is 3.47. The number of nitrogen functional groups attached to an aromatic ring is 1. The maximum Gasteiger partial charge on any atom is 0.253 e. The van der Waals surface area contributed by atoms with Gasteiger partial charge in [0.25, 0.3) is 5.91 Å². The number of hydrogen-bond donors (Lipinski definition) is 2. The Bertz CT molecular complexity index is 513. The van der Waals surface area contributed by atoms with Crippen LogP contribution in [-0.4, -0.2) is 26.0 Å². The van der Waals surface area contributed by atoms with E-state index in [9.17, 15) is 4.79 Å². The van der Waals surface area contributed by atoms with Crippen molar-refractivity contribution in [1.82, 2.24) is 5.32 Å². The summed E-state index contributed by atoms with van der Waals surface area (Å²) in [5.41, 5.74) is 8.03. The molecule has 1 aromatic rings. The van der Waals surface area contributed by atoms with Gasteiger partial charge in [-0.3, -0.25) is 4.79 Å². The number of carbonyl (C=O) groups is 1. The highest BCUT2D eigenvalue weighted by Gasteiger charge is 2.32. The van der Waals surface area contributed by atoms with E-state index < -0.39 is 0 Å². The van der Waals surface area contributed by atoms with Crippen molar-refractivity contribution in [2.45, 2.75) is 39.2 Å². The number of amides is 1. The Balaban J connectivity index is 2.16. The Kier molecular flexibility index (Phi) is 4.76. The minimum atomic E-state index is -0.0143. The predicted octanol–water partition coefficient (Wildman–Crippen LogP) is 2.89. The summed E-state index contributed by atoms with van der Waals surface area (Å²) in [6.45, 7) is 4.48. The van der Waals surface area contributed by atoms with Gasteiger partial charge in [-0.1, -0.05) is 20.3 Å². The molecule has 1 aliphatic carbocycles. The second-order valence-electron chi connectivity index (χ2n) is 6.36. The van der Waals surface area contributed by atoms with E-state index in [1.807, 2.05) is 31.1 Å². The second-order valence-corrected chi connectivity index (χ2v) is 6.36. The smallest absolute Gasteiger partial charge is 0.253 e. The number of nitrogens with one attached hydrogen (secondary N) is 1. The highest BCUT2D eigenvalue weighted by Crippen LogP contribution is 2.34. The normalized spacial score (nSPS) is 24.9. The topological polar surface area (TPSA) is 58.4 Å². The lowest BCUT2D eigenvalue weighted by atomic mass is 9.93. The van der Waals surface area contributed by atoms with Gasteiger partial charge < -0.3 is 16.0 Å². The molecule has 1 amide bonds. The van der Waals surface area contributed by atoms with E-state index in [2.05, 4.69) is 19.2 Å². The quantitative estimate of drug-likeness (QED) is 0.838. The fourth-order valence-corrected chi connectivity index (χ4v) is 3.40. The van der Waals surface area contributed by atoms with Crippen LogP contribution in [-0.2, 0) is 0 Å². The van der Waals surface area contributed by atoms with Crippen LogP contribution in [0.3, 0.4) is 0 Å². The standard InChI is InChI=1S/C17H27N3O/c1-5-12-6-8-15(11(12)2)19-17(21)14-10-13(18)7-9-16(14)20(3)4/h7,9-12,15H,5-6,8,18H2,1-4H3,(H,19,21). The van der Waals surface area contributed by atoms with Crippen LogP contribution in [0.5, 0.6) is 0 Å². The molecular weight excluding hydrogens is 262 g/mol. The number of rotatable bonds is 4. The Morgan fingerprint density at radius 3 is 2.67 bits per heavy atom. The molecule has 4 nitrogen and oxygen atoms in total. The van der Waals surface area contributed by atoms with Crippen molar-refractivity contribution in [3.63, 3.8) is 0 Å². The lowest BCUT2D eigenvalue weighted by Crippen LogP contribution is -2.38. The van der Waals surface area contributed by atoms with E-state index in [1.165, 1.54) is 12.8 Å². The van der Waals surface area contributed by atoms with Gasteiger partial charge in [-0.05, 0) is 42.9 Å². The number of hydrogen-bond acceptors (Lipinski definition) is 3. The molecule has 1 aliphatic rings. The summed E-state index contributed by atoms with van der Waals surface area (Å²) in [5, 5.41) is 3.21. The van der Waals surface area contributed by atoms with Crippen molar-refractivity contribution in [3.8, 4) is 0 Å². The number of carbonyl (C=O) groups excluding carboxylic acids is 1. The van der Waals surface area contributed by atoms with Crippen LogP contribution < -0.4 is 16.0 Å². The van der Waals surface area contributed by atoms with Gasteiger partial charge in [0.2, 0.25) is 0 Å². The molecule has 1 aromatic carbocycles. The van der Waals surface area contributed by atoms with E-state index in [0.29, 0.717) is 17.2 Å². The maximum absolute atomic E-state index is 12.6. The fourth-order valence-electron chi connectivity index (χ4n) is 3.40. The minimum Gasteiger partial charge on any atom is -0.399 e. The Morgan fingerprint density at radius 1 is 1.38 bits per heavy atom. The van der Waals surface area contributed by atoms with Crippen molar-refractivity contribution >= 4 is 17.3 Å². The van der Waals surface area contributed by atoms with E-state index >= 15 is 0 Å². The van der Waals surface area contributed by atoms with Crippen LogP contribution in [0.2, 0.25) is 0 Å². The van der Waals surface area contributed by atoms with Crippen LogP contribution in [0.15, 0.2) is 18.2 Å². The first-order valence-electron chi connectivity index (χ1n) is 7.81. The largest absolute Gasteiger partial charge is 0.399 e. The number of nitrogens with two attached hydrogens (primary N) is 1. The molecule has 0 radical (unpaired) electrons. The molecule has 2 rings (SSSR count). The Morgan fingerprint density at radius 2 is 2.10 bits per heavy atom. The van der Waals surface area contributed by atoms with Gasteiger partial charge in [-0.2, -0.15) is 0 Å². The van der Waals surface area contributed by atoms with E-state index in [1.54, 1.807) is 6.07 Å². The predicted molar refractivity (Wildman–Crippen MR) is 88.6 cm³/mol. The average molecular weight is 289 g/mol. The number of nitrogens with zero attached hydrogens (tertiary/aromatic N) is 1. The van der Waals surface area contributed by atoms with Gasteiger partial charge in [-0.25, -0.2) is 0 Å². The third-order valence-corrected chi connectivity index (χ3v) is 4.81. The van der Waals surface area contributed by atoms with Gasteiger partial charge in [0.1, 0.15) is 0 Å². The summed E-state index contributed by atoms with van der Waals surface area (Å²) in [7, 11) is 3.88. The zero-order valence-corrected chi connectivity index (χ0v) is 13.5. The van der Waals surface area contributed by atoms with Gasteiger partial charge in [0.15, 0.2) is 0 Å². The van der Waals surface area contributed by atoms with Crippen LogP contribution in [0.25, 0.3) is 0 Å². The van der Waals surface area contributed by atoms with Crippen molar-refractivity contribution in [2.75, 3.05) is 24.7 Å². The summed E-state index contributed by atoms with van der Waals surface area (Å²) < 4.78 is 0. The van der Waals surface area contributed by atoms with E-state index in [4.69, 9.17) is 5.73 Å². The fraction of sp³-hybridized carbons (Fsp3) is 0.588. The van der Waals surface area contributed by atoms with Crippen molar-refractivity contribution in [3.05, 3.63) is 23.8 Å². The molecule has 3 atom stereocenters. The van der Waals surface area contributed by atoms with Gasteiger partial charge >= 0.3 is 0 Å². The Labute approximate surface area is 127 Å². The molecule has 21 heavy (non-hydrogen) atoms. The molecule has 0 aromatic heterocycles. The molecule has 3 N–H and O–H groups in total. The summed E-state index contributed by atoms with van der Waals surface area (Å²) in [5.74, 6) is 1.26. The van der Waals surface area contributed by atoms with Crippen LogP contribution in [0, 0.1) is 11.8 Å². The van der Waals surface area contributed by atoms with E-state index in [0.717, 1.165) is 18.0 Å². The Hall–Kier alpha value is -1.71. The molecule has 3 unspecified atom stereocenters. The third kappa shape index (κ3) is 3.31. The first-order valence-corrected chi connectivity index (χ1v) is 7.81. The molecule has 0 saturated heterocycles. The molecule has 0 heterocycles. The molecule has 0 aliphatic heterocycles. The van der Waals surface area contributed by atoms with Gasteiger partial charge in [0.05, 0.1) is 5.56 Å². The lowest BCUT2D eigenvalue weighted by Gasteiger charge is -2.23. The highest BCUT2D eigenvalue weighted by molar-refractivity contribution is 6.00. The summed E-state index contributed by atoms with van der Waals surface area (Å²) >= 11 is 0. The first-order chi connectivity index (χ1) is 9.93. The second kappa shape index (κ2) is 6.37. The van der Waals surface area contributed by atoms with Crippen molar-refractivity contribution in [1.29, 1.82) is 0 Å². The molecule has 0 bridgehead atoms. The van der Waals surface area contributed by atoms with Gasteiger partial charge in [0, 0.05) is 31.5 Å². The van der Waals surface area contributed by atoms with Crippen LogP contribution in [0.1, 0.15) is 43.5 Å². The minimum absolute atomic E-state index is 0.0143. The zero-order valence-electron chi connectivity index (χ0n) is 13.5. The van der Waals surface area contributed by atoms with Crippen molar-refractivity contribution < 1.29 is 4.79 Å². The molecule has 1 saturated carbocycles. The zero-order chi connectivity index (χ0) is 15.6. The highest BCUT2D eigenvalue weighted by atomic mass is 16.1. The van der Waals surface area contributed by atoms with E-state index in [-0.39, 0.29) is 11.9 Å². The summed E-state index contributed by atoms with van der Waals surface area (Å²) in [4.78, 5) is 14.6.